The highest BCUT2D eigenvalue weighted by Gasteiger charge is 2.14. The molecule has 0 bridgehead atoms. The second-order valence-electron chi connectivity index (χ2n) is 6.29. The number of aromatic nitrogens is 1. The Labute approximate surface area is 161 Å². The SMILES string of the molecule is CN(C)C(=O)c1ccc(NC(=O)COC(=O)Cc2noc3ccccc23)cc1. The van der Waals surface area contributed by atoms with Gasteiger partial charge in [0.15, 0.2) is 12.2 Å². The number of rotatable bonds is 6. The van der Waals surface area contributed by atoms with Crippen molar-refractivity contribution in [1.82, 2.24) is 10.1 Å². The maximum atomic E-state index is 12.0. The van der Waals surface area contributed by atoms with Crippen LogP contribution in [0.5, 0.6) is 0 Å². The minimum absolute atomic E-state index is 0.0916. The van der Waals surface area contributed by atoms with Gasteiger partial charge in [-0.05, 0) is 36.4 Å². The summed E-state index contributed by atoms with van der Waals surface area (Å²) in [6.07, 6.45) is -0.0916. The van der Waals surface area contributed by atoms with E-state index in [2.05, 4.69) is 10.5 Å². The molecule has 0 atom stereocenters. The molecule has 2 amide bonds. The van der Waals surface area contributed by atoms with Gasteiger partial charge in [-0.2, -0.15) is 0 Å². The predicted molar refractivity (Wildman–Crippen MR) is 102 cm³/mol. The number of amides is 2. The Balaban J connectivity index is 1.50. The minimum Gasteiger partial charge on any atom is -0.455 e. The molecule has 28 heavy (non-hydrogen) atoms. The third-order valence-electron chi connectivity index (χ3n) is 3.95. The van der Waals surface area contributed by atoms with Crippen LogP contribution >= 0.6 is 0 Å². The van der Waals surface area contributed by atoms with Gasteiger partial charge < -0.3 is 19.5 Å². The normalized spacial score (nSPS) is 10.5. The van der Waals surface area contributed by atoms with Crippen LogP contribution in [0.25, 0.3) is 11.0 Å². The van der Waals surface area contributed by atoms with Gasteiger partial charge in [-0.25, -0.2) is 0 Å². The van der Waals surface area contributed by atoms with E-state index in [9.17, 15) is 14.4 Å². The summed E-state index contributed by atoms with van der Waals surface area (Å²) < 4.78 is 10.1. The Morgan fingerprint density at radius 1 is 1.07 bits per heavy atom. The van der Waals surface area contributed by atoms with E-state index < -0.39 is 18.5 Å². The largest absolute Gasteiger partial charge is 0.455 e. The number of nitrogens with zero attached hydrogens (tertiary/aromatic N) is 2. The van der Waals surface area contributed by atoms with E-state index >= 15 is 0 Å². The lowest BCUT2D eigenvalue weighted by molar-refractivity contribution is -0.146. The maximum Gasteiger partial charge on any atom is 0.312 e. The number of ether oxygens (including phenoxy) is 1. The molecule has 0 aliphatic heterocycles. The number of carbonyl (C=O) groups is 3. The molecule has 2 aromatic carbocycles. The number of fused-ring (bicyclic) bond motifs is 1. The first-order valence-corrected chi connectivity index (χ1v) is 8.54. The zero-order valence-corrected chi connectivity index (χ0v) is 15.5. The molecule has 0 aliphatic carbocycles. The number of hydrogen-bond acceptors (Lipinski definition) is 6. The quantitative estimate of drug-likeness (QED) is 0.657. The summed E-state index contributed by atoms with van der Waals surface area (Å²) in [7, 11) is 3.32. The highest BCUT2D eigenvalue weighted by atomic mass is 16.5. The maximum absolute atomic E-state index is 12.0. The molecule has 8 nitrogen and oxygen atoms in total. The molecule has 3 rings (SSSR count). The van der Waals surface area contributed by atoms with Gasteiger partial charge in [-0.1, -0.05) is 17.3 Å². The molecule has 0 radical (unpaired) electrons. The summed E-state index contributed by atoms with van der Waals surface area (Å²) in [5.41, 5.74) is 2.05. The smallest absolute Gasteiger partial charge is 0.312 e. The molecule has 1 heterocycles. The van der Waals surface area contributed by atoms with Crippen LogP contribution in [0.15, 0.2) is 53.1 Å². The molecule has 0 unspecified atom stereocenters. The van der Waals surface area contributed by atoms with Gasteiger partial charge in [0.05, 0.1) is 6.42 Å². The monoisotopic (exact) mass is 381 g/mol. The Kier molecular flexibility index (Phi) is 5.69. The second-order valence-corrected chi connectivity index (χ2v) is 6.29. The van der Waals surface area contributed by atoms with Crippen molar-refractivity contribution >= 4 is 34.4 Å². The van der Waals surface area contributed by atoms with Crippen molar-refractivity contribution < 1.29 is 23.6 Å². The predicted octanol–water partition coefficient (Wildman–Crippen LogP) is 2.25. The van der Waals surface area contributed by atoms with Gasteiger partial charge >= 0.3 is 5.97 Å². The lowest BCUT2D eigenvalue weighted by Crippen LogP contribution is -2.22. The van der Waals surface area contributed by atoms with E-state index in [0.29, 0.717) is 22.5 Å². The molecule has 8 heteroatoms. The highest BCUT2D eigenvalue weighted by molar-refractivity contribution is 5.96. The van der Waals surface area contributed by atoms with Crippen molar-refractivity contribution in [2.75, 3.05) is 26.0 Å². The zero-order valence-electron chi connectivity index (χ0n) is 15.5. The van der Waals surface area contributed by atoms with Gasteiger partial charge in [0.2, 0.25) is 0 Å². The molecule has 1 N–H and O–H groups in total. The molecule has 1 aromatic heterocycles. The van der Waals surface area contributed by atoms with Crippen molar-refractivity contribution in [2.45, 2.75) is 6.42 Å². The van der Waals surface area contributed by atoms with Crippen LogP contribution in [0, 0.1) is 0 Å². The van der Waals surface area contributed by atoms with Gasteiger partial charge in [0, 0.05) is 30.7 Å². The fourth-order valence-corrected chi connectivity index (χ4v) is 2.55. The molecule has 0 saturated heterocycles. The molecule has 3 aromatic rings. The van der Waals surface area contributed by atoms with E-state index in [1.807, 2.05) is 12.1 Å². The van der Waals surface area contributed by atoms with E-state index in [-0.39, 0.29) is 12.3 Å². The average Bonchev–Trinajstić information content (AvgIpc) is 3.09. The summed E-state index contributed by atoms with van der Waals surface area (Å²) in [5.74, 6) is -1.20. The number of esters is 1. The lowest BCUT2D eigenvalue weighted by atomic mass is 10.2. The summed E-state index contributed by atoms with van der Waals surface area (Å²) >= 11 is 0. The van der Waals surface area contributed by atoms with E-state index in [1.54, 1.807) is 50.5 Å². The minimum atomic E-state index is -0.582. The molecule has 0 spiro atoms. The molecular weight excluding hydrogens is 362 g/mol. The first-order chi connectivity index (χ1) is 13.4. The van der Waals surface area contributed by atoms with Gasteiger partial charge in [-0.3, -0.25) is 14.4 Å². The Bertz CT molecular complexity index is 1010. The van der Waals surface area contributed by atoms with Crippen LogP contribution in [0.4, 0.5) is 5.69 Å². The number of carbonyl (C=O) groups excluding carboxylic acids is 3. The summed E-state index contributed by atoms with van der Waals surface area (Å²) in [5, 5.41) is 7.20. The first-order valence-electron chi connectivity index (χ1n) is 8.54. The average molecular weight is 381 g/mol. The van der Waals surface area contributed by atoms with Crippen molar-refractivity contribution in [3.05, 3.63) is 59.8 Å². The molecular formula is C20H19N3O5. The number of anilines is 1. The Hall–Kier alpha value is -3.68. The number of hydrogen-bond donors (Lipinski definition) is 1. The molecule has 0 aliphatic rings. The van der Waals surface area contributed by atoms with Crippen LogP contribution < -0.4 is 5.32 Å². The van der Waals surface area contributed by atoms with Crippen molar-refractivity contribution in [3.63, 3.8) is 0 Å². The third kappa shape index (κ3) is 4.53. The van der Waals surface area contributed by atoms with Crippen molar-refractivity contribution in [3.8, 4) is 0 Å². The highest BCUT2D eigenvalue weighted by Crippen LogP contribution is 2.18. The van der Waals surface area contributed by atoms with Crippen LogP contribution in [0.3, 0.4) is 0 Å². The second kappa shape index (κ2) is 8.34. The molecule has 144 valence electrons. The van der Waals surface area contributed by atoms with E-state index in [1.165, 1.54) is 4.90 Å². The van der Waals surface area contributed by atoms with Gasteiger partial charge in [-0.15, -0.1) is 0 Å². The topological polar surface area (TPSA) is 102 Å². The molecule has 0 fully saturated rings. The van der Waals surface area contributed by atoms with Crippen LogP contribution in [-0.2, 0) is 20.7 Å². The van der Waals surface area contributed by atoms with Crippen molar-refractivity contribution in [1.29, 1.82) is 0 Å². The number of benzene rings is 2. The Morgan fingerprint density at radius 2 is 1.79 bits per heavy atom. The summed E-state index contributed by atoms with van der Waals surface area (Å²) in [6.45, 7) is -0.424. The van der Waals surface area contributed by atoms with Gasteiger partial charge in [0.1, 0.15) is 5.69 Å². The zero-order chi connectivity index (χ0) is 20.1. The van der Waals surface area contributed by atoms with Crippen LogP contribution in [0.1, 0.15) is 16.1 Å². The first kappa shape index (κ1) is 19.1. The number of para-hydroxylation sites is 1. The lowest BCUT2D eigenvalue weighted by Gasteiger charge is -2.11. The van der Waals surface area contributed by atoms with Crippen molar-refractivity contribution in [2.24, 2.45) is 0 Å². The fourth-order valence-electron chi connectivity index (χ4n) is 2.55. The van der Waals surface area contributed by atoms with E-state index in [4.69, 9.17) is 9.26 Å². The van der Waals surface area contributed by atoms with Gasteiger partial charge in [0.25, 0.3) is 11.8 Å². The summed E-state index contributed by atoms with van der Waals surface area (Å²) in [4.78, 5) is 37.2. The van der Waals surface area contributed by atoms with E-state index in [0.717, 1.165) is 5.39 Å². The third-order valence-corrected chi connectivity index (χ3v) is 3.95. The summed E-state index contributed by atoms with van der Waals surface area (Å²) in [6, 6.07) is 13.6. The fraction of sp³-hybridized carbons (Fsp3) is 0.200. The number of nitrogens with one attached hydrogen (secondary N) is 1. The van der Waals surface area contributed by atoms with Crippen LogP contribution in [0.2, 0.25) is 0 Å². The standard InChI is InChI=1S/C20H19N3O5/c1-23(2)20(26)13-7-9-14(10-8-13)21-18(24)12-27-19(25)11-16-15-5-3-4-6-17(15)28-22-16/h3-10H,11-12H2,1-2H3,(H,21,24). The Morgan fingerprint density at radius 3 is 2.50 bits per heavy atom. The van der Waals surface area contributed by atoms with Crippen LogP contribution in [-0.4, -0.2) is 48.5 Å². The molecule has 0 saturated carbocycles.